The van der Waals surface area contributed by atoms with Gasteiger partial charge in [0.05, 0.1) is 5.69 Å². The highest BCUT2D eigenvalue weighted by Crippen LogP contribution is 2.20. The van der Waals surface area contributed by atoms with Gasteiger partial charge in [0, 0.05) is 36.3 Å². The van der Waals surface area contributed by atoms with E-state index in [1.807, 2.05) is 12.1 Å². The number of aromatic nitrogens is 4. The highest BCUT2D eigenvalue weighted by atomic mass is 35.5. The average molecular weight is 392 g/mol. The lowest BCUT2D eigenvalue weighted by atomic mass is 10.00. The molecule has 0 fully saturated rings. The number of halogens is 1. The second-order valence-electron chi connectivity index (χ2n) is 7.03. The fraction of sp³-hybridized carbons (Fsp3) is 0.190. The molecule has 2 aromatic carbocycles. The lowest BCUT2D eigenvalue weighted by molar-refractivity contribution is 0.242. The number of fused-ring (bicyclic) bond motifs is 2. The molecule has 0 spiro atoms. The van der Waals surface area contributed by atoms with Crippen LogP contribution in [-0.2, 0) is 19.5 Å². The first kappa shape index (κ1) is 17.2. The van der Waals surface area contributed by atoms with Gasteiger partial charge in [-0.1, -0.05) is 35.9 Å². The monoisotopic (exact) mass is 391 g/mol. The summed E-state index contributed by atoms with van der Waals surface area (Å²) in [4.78, 5) is 24.0. The van der Waals surface area contributed by atoms with Gasteiger partial charge in [-0.25, -0.2) is 4.98 Å². The van der Waals surface area contributed by atoms with Gasteiger partial charge in [-0.15, -0.1) is 0 Å². The lowest BCUT2D eigenvalue weighted by Gasteiger charge is -2.28. The minimum absolute atomic E-state index is 0.162. The maximum atomic E-state index is 12.6. The molecule has 0 amide bonds. The number of hydrogen-bond acceptors (Lipinski definition) is 4. The minimum atomic E-state index is -0.162. The first-order valence-electron chi connectivity index (χ1n) is 9.19. The van der Waals surface area contributed by atoms with Crippen LogP contribution in [0.3, 0.4) is 0 Å². The first-order valence-corrected chi connectivity index (χ1v) is 9.57. The van der Waals surface area contributed by atoms with E-state index in [0.717, 1.165) is 30.8 Å². The van der Waals surface area contributed by atoms with Crippen LogP contribution in [0, 0.1) is 0 Å². The van der Waals surface area contributed by atoms with Crippen LogP contribution in [0.15, 0.2) is 59.4 Å². The van der Waals surface area contributed by atoms with E-state index in [1.54, 1.807) is 18.2 Å². The molecule has 0 atom stereocenters. The summed E-state index contributed by atoms with van der Waals surface area (Å²) in [5, 5.41) is 3.67. The van der Waals surface area contributed by atoms with Gasteiger partial charge in [0.2, 0.25) is 0 Å². The third-order valence-electron chi connectivity index (χ3n) is 5.10. The SMILES string of the molecule is O=c1cc(CN2CCc3ccccc3C2)nc2nc(-c3ccc(Cl)cc3)[nH]n12. The Balaban J connectivity index is 1.43. The Morgan fingerprint density at radius 1 is 1.04 bits per heavy atom. The zero-order valence-corrected chi connectivity index (χ0v) is 15.9. The van der Waals surface area contributed by atoms with Crippen molar-refractivity contribution in [1.82, 2.24) is 24.5 Å². The van der Waals surface area contributed by atoms with Crippen molar-refractivity contribution in [3.63, 3.8) is 0 Å². The van der Waals surface area contributed by atoms with Crippen LogP contribution in [0.25, 0.3) is 17.2 Å². The van der Waals surface area contributed by atoms with E-state index in [9.17, 15) is 4.79 Å². The highest BCUT2D eigenvalue weighted by molar-refractivity contribution is 6.30. The van der Waals surface area contributed by atoms with Gasteiger partial charge in [-0.05, 0) is 41.8 Å². The summed E-state index contributed by atoms with van der Waals surface area (Å²) in [5.41, 5.74) is 4.17. The van der Waals surface area contributed by atoms with E-state index < -0.39 is 0 Å². The summed E-state index contributed by atoms with van der Waals surface area (Å²) in [6, 6.07) is 17.4. The Hall–Kier alpha value is -2.96. The summed E-state index contributed by atoms with van der Waals surface area (Å²) < 4.78 is 1.37. The molecule has 4 aromatic rings. The number of aromatic amines is 1. The second-order valence-corrected chi connectivity index (χ2v) is 7.47. The Labute approximate surface area is 166 Å². The highest BCUT2D eigenvalue weighted by Gasteiger charge is 2.17. The van der Waals surface area contributed by atoms with Crippen LogP contribution in [0.4, 0.5) is 0 Å². The van der Waals surface area contributed by atoms with Crippen molar-refractivity contribution in [2.24, 2.45) is 0 Å². The molecule has 140 valence electrons. The normalized spacial score (nSPS) is 14.3. The molecule has 7 heteroatoms. The second kappa shape index (κ2) is 6.89. The number of hydrogen-bond donors (Lipinski definition) is 1. The third-order valence-corrected chi connectivity index (χ3v) is 5.35. The molecule has 3 heterocycles. The molecule has 2 aromatic heterocycles. The van der Waals surface area contributed by atoms with E-state index in [4.69, 9.17) is 11.6 Å². The molecule has 1 aliphatic rings. The molecule has 0 bridgehead atoms. The zero-order chi connectivity index (χ0) is 19.1. The summed E-state index contributed by atoms with van der Waals surface area (Å²) in [6.45, 7) is 2.45. The lowest BCUT2D eigenvalue weighted by Crippen LogP contribution is -2.31. The van der Waals surface area contributed by atoms with E-state index in [-0.39, 0.29) is 5.56 Å². The zero-order valence-electron chi connectivity index (χ0n) is 15.1. The van der Waals surface area contributed by atoms with Gasteiger partial charge >= 0.3 is 0 Å². The molecule has 0 saturated carbocycles. The Kier molecular flexibility index (Phi) is 4.22. The van der Waals surface area contributed by atoms with Crippen molar-refractivity contribution >= 4 is 17.4 Å². The molecule has 1 aliphatic heterocycles. The number of benzene rings is 2. The predicted molar refractivity (Wildman–Crippen MR) is 108 cm³/mol. The fourth-order valence-electron chi connectivity index (χ4n) is 3.66. The Bertz CT molecular complexity index is 1210. The van der Waals surface area contributed by atoms with Gasteiger partial charge in [-0.3, -0.25) is 14.8 Å². The standard InChI is InChI=1S/C21H18ClN5O/c22-17-7-5-15(6-8-17)20-24-21-23-18(11-19(28)27(21)25-20)13-26-10-9-14-3-1-2-4-16(14)12-26/h1-8,11H,9-10,12-13H2,(H,23,24,25). The maximum Gasteiger partial charge on any atom is 0.274 e. The van der Waals surface area contributed by atoms with Crippen LogP contribution in [0.2, 0.25) is 5.02 Å². The molecule has 0 aliphatic carbocycles. The molecular formula is C21H18ClN5O. The minimum Gasteiger partial charge on any atom is -0.293 e. The molecule has 28 heavy (non-hydrogen) atoms. The van der Waals surface area contributed by atoms with Crippen LogP contribution in [0.1, 0.15) is 16.8 Å². The maximum absolute atomic E-state index is 12.6. The van der Waals surface area contributed by atoms with Gasteiger partial charge in [0.1, 0.15) is 0 Å². The van der Waals surface area contributed by atoms with Crippen molar-refractivity contribution in [3.8, 4) is 11.4 Å². The fourth-order valence-corrected chi connectivity index (χ4v) is 3.79. The van der Waals surface area contributed by atoms with Gasteiger partial charge in [-0.2, -0.15) is 9.50 Å². The Morgan fingerprint density at radius 2 is 1.82 bits per heavy atom. The summed E-state index contributed by atoms with van der Waals surface area (Å²) in [6.07, 6.45) is 1.01. The van der Waals surface area contributed by atoms with Crippen LogP contribution >= 0.6 is 11.6 Å². The average Bonchev–Trinajstić information content (AvgIpc) is 3.13. The van der Waals surface area contributed by atoms with Gasteiger partial charge in [0.25, 0.3) is 11.3 Å². The first-order chi connectivity index (χ1) is 13.7. The van der Waals surface area contributed by atoms with E-state index in [0.29, 0.717) is 23.2 Å². The molecule has 0 radical (unpaired) electrons. The van der Waals surface area contributed by atoms with E-state index >= 15 is 0 Å². The summed E-state index contributed by atoms with van der Waals surface area (Å²) in [5.74, 6) is 0.968. The smallest absolute Gasteiger partial charge is 0.274 e. The van der Waals surface area contributed by atoms with Gasteiger partial charge in [0.15, 0.2) is 5.82 Å². The number of nitrogens with one attached hydrogen (secondary N) is 1. The van der Waals surface area contributed by atoms with Gasteiger partial charge < -0.3 is 0 Å². The van der Waals surface area contributed by atoms with Crippen LogP contribution < -0.4 is 5.56 Å². The molecule has 5 rings (SSSR count). The van der Waals surface area contributed by atoms with Crippen LogP contribution in [0.5, 0.6) is 0 Å². The largest absolute Gasteiger partial charge is 0.293 e. The topological polar surface area (TPSA) is 66.3 Å². The predicted octanol–water partition coefficient (Wildman–Crippen LogP) is 3.30. The summed E-state index contributed by atoms with van der Waals surface area (Å²) in [7, 11) is 0. The number of H-pyrrole nitrogens is 1. The molecular weight excluding hydrogens is 374 g/mol. The van der Waals surface area contributed by atoms with Crippen molar-refractivity contribution in [2.75, 3.05) is 6.54 Å². The van der Waals surface area contributed by atoms with E-state index in [1.165, 1.54) is 15.6 Å². The quantitative estimate of drug-likeness (QED) is 0.582. The number of rotatable bonds is 3. The molecule has 1 N–H and O–H groups in total. The Morgan fingerprint density at radius 3 is 2.64 bits per heavy atom. The van der Waals surface area contributed by atoms with Crippen molar-refractivity contribution in [3.05, 3.63) is 86.8 Å². The van der Waals surface area contributed by atoms with Crippen LogP contribution in [-0.4, -0.2) is 31.0 Å². The molecule has 6 nitrogen and oxygen atoms in total. The number of nitrogens with zero attached hydrogens (tertiary/aromatic N) is 4. The summed E-state index contributed by atoms with van der Waals surface area (Å²) >= 11 is 5.95. The van der Waals surface area contributed by atoms with Crippen molar-refractivity contribution < 1.29 is 0 Å². The third kappa shape index (κ3) is 3.21. The van der Waals surface area contributed by atoms with Crippen molar-refractivity contribution in [2.45, 2.75) is 19.5 Å². The van der Waals surface area contributed by atoms with Crippen molar-refractivity contribution in [1.29, 1.82) is 0 Å². The molecule has 0 unspecified atom stereocenters. The van der Waals surface area contributed by atoms with E-state index in [2.05, 4.69) is 44.2 Å². The molecule has 0 saturated heterocycles.